The molecule has 1 aliphatic carbocycles. The third kappa shape index (κ3) is 4.08. The van der Waals surface area contributed by atoms with Crippen LogP contribution < -0.4 is 5.32 Å². The number of nitrogens with zero attached hydrogens (tertiary/aromatic N) is 3. The smallest absolute Gasteiger partial charge is 0.267 e. The van der Waals surface area contributed by atoms with Crippen LogP contribution in [0.4, 0.5) is 5.69 Å². The molecule has 0 bridgehead atoms. The minimum atomic E-state index is -0.110. The monoisotopic (exact) mass is 381 g/mol. The van der Waals surface area contributed by atoms with Crippen molar-refractivity contribution in [2.75, 3.05) is 5.32 Å². The summed E-state index contributed by atoms with van der Waals surface area (Å²) in [7, 11) is 0. The number of aromatic nitrogens is 4. The summed E-state index contributed by atoms with van der Waals surface area (Å²) in [4.78, 5) is 22.4. The zero-order valence-corrected chi connectivity index (χ0v) is 16.6. The first-order valence-electron chi connectivity index (χ1n) is 9.30. The first-order valence-corrected chi connectivity index (χ1v) is 10.1. The van der Waals surface area contributed by atoms with Crippen LogP contribution in [0, 0.1) is 12.8 Å². The molecule has 0 atom stereocenters. The topological polar surface area (TPSA) is 83.6 Å². The van der Waals surface area contributed by atoms with Gasteiger partial charge in [-0.1, -0.05) is 13.8 Å². The summed E-state index contributed by atoms with van der Waals surface area (Å²) in [5.74, 6) is 2.64. The molecule has 2 aromatic heterocycles. The van der Waals surface area contributed by atoms with Crippen molar-refractivity contribution in [3.8, 4) is 11.4 Å². The summed E-state index contributed by atoms with van der Waals surface area (Å²) < 4.78 is 0. The number of hydrogen-bond donors (Lipinski definition) is 2. The van der Waals surface area contributed by atoms with Crippen molar-refractivity contribution in [3.63, 3.8) is 0 Å². The van der Waals surface area contributed by atoms with Crippen molar-refractivity contribution in [1.82, 2.24) is 20.2 Å². The van der Waals surface area contributed by atoms with Crippen molar-refractivity contribution in [2.45, 2.75) is 46.0 Å². The Morgan fingerprint density at radius 2 is 2.00 bits per heavy atom. The Morgan fingerprint density at radius 3 is 2.67 bits per heavy atom. The number of carbonyl (C=O) groups excluding carboxylic acids is 1. The van der Waals surface area contributed by atoms with Crippen molar-refractivity contribution in [3.05, 3.63) is 45.7 Å². The van der Waals surface area contributed by atoms with E-state index in [9.17, 15) is 4.79 Å². The molecule has 6 nitrogen and oxygen atoms in total. The lowest BCUT2D eigenvalue weighted by molar-refractivity contribution is 0.103. The molecule has 0 unspecified atom stereocenters. The standard InChI is InChI=1S/C20H23N5OS/c1-11(2)10-16-21-12(3)17(27-16)20(26)22-15-8-6-14(7-9-15)19-23-18(24-25-19)13-4-5-13/h6-9,11,13H,4-5,10H2,1-3H3,(H,22,26)(H,23,24,25). The average Bonchev–Trinajstić information content (AvgIpc) is 3.24. The minimum Gasteiger partial charge on any atom is -0.321 e. The molecule has 140 valence electrons. The van der Waals surface area contributed by atoms with Crippen LogP contribution in [0.5, 0.6) is 0 Å². The number of anilines is 1. The van der Waals surface area contributed by atoms with Gasteiger partial charge in [0.1, 0.15) is 10.7 Å². The lowest BCUT2D eigenvalue weighted by Gasteiger charge is -2.04. The Labute approximate surface area is 162 Å². The molecule has 0 spiro atoms. The van der Waals surface area contributed by atoms with E-state index in [1.165, 1.54) is 24.2 Å². The molecular formula is C20H23N5OS. The molecule has 1 aliphatic rings. The van der Waals surface area contributed by atoms with Gasteiger partial charge in [0.25, 0.3) is 5.91 Å². The lowest BCUT2D eigenvalue weighted by atomic mass is 10.1. The third-order valence-corrected chi connectivity index (χ3v) is 5.68. The van der Waals surface area contributed by atoms with Crippen LogP contribution in [0.2, 0.25) is 0 Å². The first-order chi connectivity index (χ1) is 13.0. The van der Waals surface area contributed by atoms with Gasteiger partial charge in [0, 0.05) is 23.6 Å². The summed E-state index contributed by atoms with van der Waals surface area (Å²) in [5, 5.41) is 11.3. The van der Waals surface area contributed by atoms with E-state index in [0.717, 1.165) is 34.2 Å². The highest BCUT2D eigenvalue weighted by Gasteiger charge is 2.27. The maximum atomic E-state index is 12.6. The molecule has 1 amide bonds. The first kappa shape index (κ1) is 17.9. The fourth-order valence-corrected chi connectivity index (χ4v) is 4.10. The second-order valence-electron chi connectivity index (χ2n) is 7.47. The van der Waals surface area contributed by atoms with Crippen LogP contribution in [0.3, 0.4) is 0 Å². The molecule has 3 aromatic rings. The van der Waals surface area contributed by atoms with Gasteiger partial charge in [0.15, 0.2) is 5.82 Å². The predicted octanol–water partition coefficient (Wildman–Crippen LogP) is 4.56. The van der Waals surface area contributed by atoms with Gasteiger partial charge in [0.2, 0.25) is 0 Å². The molecule has 27 heavy (non-hydrogen) atoms. The Hall–Kier alpha value is -2.54. The molecule has 2 heterocycles. The van der Waals surface area contributed by atoms with Crippen molar-refractivity contribution in [2.24, 2.45) is 5.92 Å². The number of hydrogen-bond acceptors (Lipinski definition) is 5. The molecule has 1 aromatic carbocycles. The summed E-state index contributed by atoms with van der Waals surface area (Å²) in [5.41, 5.74) is 2.47. The molecule has 2 N–H and O–H groups in total. The summed E-state index contributed by atoms with van der Waals surface area (Å²) in [6, 6.07) is 7.62. The minimum absolute atomic E-state index is 0.110. The number of aromatic amines is 1. The normalized spacial score (nSPS) is 13.9. The van der Waals surface area contributed by atoms with Gasteiger partial charge in [-0.3, -0.25) is 9.89 Å². The van der Waals surface area contributed by atoms with Crippen LogP contribution in [0.15, 0.2) is 24.3 Å². The van der Waals surface area contributed by atoms with Gasteiger partial charge >= 0.3 is 0 Å². The molecule has 0 radical (unpaired) electrons. The second-order valence-corrected chi connectivity index (χ2v) is 8.55. The third-order valence-electron chi connectivity index (χ3n) is 4.50. The fraction of sp³-hybridized carbons (Fsp3) is 0.400. The van der Waals surface area contributed by atoms with E-state index in [1.807, 2.05) is 31.2 Å². The van der Waals surface area contributed by atoms with Crippen LogP contribution >= 0.6 is 11.3 Å². The maximum absolute atomic E-state index is 12.6. The van der Waals surface area contributed by atoms with E-state index < -0.39 is 0 Å². The molecule has 0 aliphatic heterocycles. The number of aryl methyl sites for hydroxylation is 1. The summed E-state index contributed by atoms with van der Waals surface area (Å²) >= 11 is 1.48. The Bertz CT molecular complexity index is 953. The number of carbonyl (C=O) groups is 1. The van der Waals surface area contributed by atoms with E-state index in [0.29, 0.717) is 22.5 Å². The van der Waals surface area contributed by atoms with Crippen LogP contribution in [-0.2, 0) is 6.42 Å². The van der Waals surface area contributed by atoms with Gasteiger partial charge < -0.3 is 5.32 Å². The van der Waals surface area contributed by atoms with Crippen LogP contribution in [0.1, 0.15) is 58.8 Å². The number of H-pyrrole nitrogens is 1. The van der Waals surface area contributed by atoms with E-state index in [2.05, 4.69) is 39.3 Å². The number of thiazole rings is 1. The van der Waals surface area contributed by atoms with Crippen molar-refractivity contribution in [1.29, 1.82) is 0 Å². The molecule has 4 rings (SSSR count). The average molecular weight is 382 g/mol. The maximum Gasteiger partial charge on any atom is 0.267 e. The van der Waals surface area contributed by atoms with E-state index in [1.54, 1.807) is 0 Å². The number of rotatable bonds is 6. The lowest BCUT2D eigenvalue weighted by Crippen LogP contribution is -2.11. The van der Waals surface area contributed by atoms with E-state index in [-0.39, 0.29) is 5.91 Å². The fourth-order valence-electron chi connectivity index (χ4n) is 2.93. The van der Waals surface area contributed by atoms with Crippen molar-refractivity contribution < 1.29 is 4.79 Å². The zero-order chi connectivity index (χ0) is 19.0. The predicted molar refractivity (Wildman–Crippen MR) is 107 cm³/mol. The van der Waals surface area contributed by atoms with Gasteiger partial charge in [-0.2, -0.15) is 5.10 Å². The Balaban J connectivity index is 1.44. The van der Waals surface area contributed by atoms with E-state index >= 15 is 0 Å². The quantitative estimate of drug-likeness (QED) is 0.655. The van der Waals surface area contributed by atoms with Gasteiger partial charge in [-0.05, 0) is 49.9 Å². The van der Waals surface area contributed by atoms with Gasteiger partial charge in [-0.25, -0.2) is 9.97 Å². The Morgan fingerprint density at radius 1 is 1.26 bits per heavy atom. The van der Waals surface area contributed by atoms with Crippen molar-refractivity contribution >= 4 is 22.9 Å². The van der Waals surface area contributed by atoms with Crippen LogP contribution in [0.25, 0.3) is 11.4 Å². The largest absolute Gasteiger partial charge is 0.321 e. The molecule has 7 heteroatoms. The summed E-state index contributed by atoms with van der Waals surface area (Å²) in [6.45, 7) is 6.19. The van der Waals surface area contributed by atoms with Crippen LogP contribution in [-0.4, -0.2) is 26.1 Å². The number of benzene rings is 1. The molecular weight excluding hydrogens is 358 g/mol. The number of nitrogens with one attached hydrogen (secondary N) is 2. The zero-order valence-electron chi connectivity index (χ0n) is 15.7. The second kappa shape index (κ2) is 7.23. The Kier molecular flexibility index (Phi) is 4.78. The SMILES string of the molecule is Cc1nc(CC(C)C)sc1C(=O)Nc1ccc(-c2n[nH]c(C3CC3)n2)cc1. The highest BCUT2D eigenvalue weighted by Crippen LogP contribution is 2.38. The number of amides is 1. The summed E-state index contributed by atoms with van der Waals surface area (Å²) in [6.07, 6.45) is 3.28. The van der Waals surface area contributed by atoms with E-state index in [4.69, 9.17) is 0 Å². The van der Waals surface area contributed by atoms with Gasteiger partial charge in [0.05, 0.1) is 10.7 Å². The molecule has 1 fully saturated rings. The molecule has 0 saturated heterocycles. The highest BCUT2D eigenvalue weighted by atomic mass is 32.1. The van der Waals surface area contributed by atoms with Gasteiger partial charge in [-0.15, -0.1) is 11.3 Å². The molecule has 1 saturated carbocycles. The highest BCUT2D eigenvalue weighted by molar-refractivity contribution is 7.13.